The molecule has 1 saturated carbocycles. The normalized spacial score (nSPS) is 18.9. The zero-order valence-corrected chi connectivity index (χ0v) is 15.2. The van der Waals surface area contributed by atoms with Gasteiger partial charge in [0.25, 0.3) is 0 Å². The molecule has 1 aromatic carbocycles. The molecule has 3 amide bonds. The molecule has 1 spiro atoms. The number of ether oxygens (including phenoxy) is 2. The molecule has 0 radical (unpaired) electrons. The minimum Gasteiger partial charge on any atom is -0.497 e. The molecule has 140 valence electrons. The highest BCUT2D eigenvalue weighted by molar-refractivity contribution is 6.09. The average Bonchev–Trinajstić information content (AvgIpc) is 2.86. The number of imide groups is 1. The van der Waals surface area contributed by atoms with Gasteiger partial charge in [-0.2, -0.15) is 0 Å². The van der Waals surface area contributed by atoms with Crippen molar-refractivity contribution in [3.05, 3.63) is 18.2 Å². The van der Waals surface area contributed by atoms with Crippen molar-refractivity contribution in [3.63, 3.8) is 0 Å². The summed E-state index contributed by atoms with van der Waals surface area (Å²) in [4.78, 5) is 38.6. The number of anilines is 1. The van der Waals surface area contributed by atoms with Gasteiger partial charge in [0, 0.05) is 30.3 Å². The second kappa shape index (κ2) is 7.35. The molecule has 7 heteroatoms. The van der Waals surface area contributed by atoms with Gasteiger partial charge in [-0.1, -0.05) is 19.3 Å². The van der Waals surface area contributed by atoms with Crippen molar-refractivity contribution < 1.29 is 23.9 Å². The van der Waals surface area contributed by atoms with E-state index in [1.807, 2.05) is 0 Å². The Morgan fingerprint density at radius 2 is 1.69 bits per heavy atom. The molecule has 1 aliphatic heterocycles. The average molecular weight is 360 g/mol. The molecular weight excluding hydrogens is 336 g/mol. The van der Waals surface area contributed by atoms with Gasteiger partial charge in [-0.05, 0) is 12.8 Å². The summed E-state index contributed by atoms with van der Waals surface area (Å²) in [5.41, 5.74) is -0.0906. The van der Waals surface area contributed by atoms with E-state index >= 15 is 0 Å². The van der Waals surface area contributed by atoms with Crippen molar-refractivity contribution in [1.29, 1.82) is 0 Å². The van der Waals surface area contributed by atoms with Crippen LogP contribution >= 0.6 is 0 Å². The van der Waals surface area contributed by atoms with Gasteiger partial charge in [0.1, 0.15) is 18.0 Å². The van der Waals surface area contributed by atoms with Crippen LogP contribution in [0.25, 0.3) is 0 Å². The topological polar surface area (TPSA) is 84.9 Å². The van der Waals surface area contributed by atoms with E-state index in [0.717, 1.165) is 37.0 Å². The van der Waals surface area contributed by atoms with E-state index in [-0.39, 0.29) is 24.8 Å². The number of rotatable bonds is 5. The summed E-state index contributed by atoms with van der Waals surface area (Å²) in [6.07, 6.45) is 4.73. The molecule has 0 bridgehead atoms. The highest BCUT2D eigenvalue weighted by Crippen LogP contribution is 2.45. The maximum Gasteiger partial charge on any atom is 0.244 e. The summed E-state index contributed by atoms with van der Waals surface area (Å²) >= 11 is 0. The first-order valence-corrected chi connectivity index (χ1v) is 8.85. The van der Waals surface area contributed by atoms with Gasteiger partial charge in [-0.15, -0.1) is 0 Å². The monoisotopic (exact) mass is 360 g/mol. The van der Waals surface area contributed by atoms with Crippen LogP contribution in [0.3, 0.4) is 0 Å². The number of carbonyl (C=O) groups excluding carboxylic acids is 3. The fourth-order valence-electron chi connectivity index (χ4n) is 3.86. The molecule has 0 aromatic heterocycles. The van der Waals surface area contributed by atoms with Crippen LogP contribution in [-0.2, 0) is 14.4 Å². The summed E-state index contributed by atoms with van der Waals surface area (Å²) in [5.74, 6) is 0.203. The first kappa shape index (κ1) is 18.2. The largest absolute Gasteiger partial charge is 0.497 e. The van der Waals surface area contributed by atoms with E-state index in [2.05, 4.69) is 5.32 Å². The minimum absolute atomic E-state index is 0.194. The third kappa shape index (κ3) is 3.52. The zero-order valence-electron chi connectivity index (χ0n) is 15.2. The van der Waals surface area contributed by atoms with Gasteiger partial charge in [-0.3, -0.25) is 19.3 Å². The van der Waals surface area contributed by atoms with Crippen molar-refractivity contribution in [2.45, 2.75) is 38.5 Å². The van der Waals surface area contributed by atoms with Crippen molar-refractivity contribution >= 4 is 23.4 Å². The van der Waals surface area contributed by atoms with Crippen LogP contribution in [0, 0.1) is 5.41 Å². The Bertz CT molecular complexity index is 702. The number of likely N-dealkylation sites (tertiary alicyclic amines) is 1. The summed E-state index contributed by atoms with van der Waals surface area (Å²) in [6, 6.07) is 4.99. The maximum atomic E-state index is 12.8. The van der Waals surface area contributed by atoms with Crippen molar-refractivity contribution in [2.75, 3.05) is 26.1 Å². The van der Waals surface area contributed by atoms with Crippen LogP contribution in [0.2, 0.25) is 0 Å². The third-order valence-electron chi connectivity index (χ3n) is 5.24. The van der Waals surface area contributed by atoms with Crippen LogP contribution in [0.15, 0.2) is 18.2 Å². The molecule has 0 atom stereocenters. The number of methoxy groups -OCH3 is 2. The number of hydrogen-bond donors (Lipinski definition) is 1. The lowest BCUT2D eigenvalue weighted by Crippen LogP contribution is -2.41. The highest BCUT2D eigenvalue weighted by atomic mass is 16.5. The molecule has 0 unspecified atom stereocenters. The second-order valence-electron chi connectivity index (χ2n) is 6.95. The molecule has 1 N–H and O–H groups in total. The van der Waals surface area contributed by atoms with Crippen LogP contribution < -0.4 is 14.8 Å². The molecule has 1 aliphatic carbocycles. The molecular formula is C19H24N2O5. The predicted molar refractivity (Wildman–Crippen MR) is 95.0 cm³/mol. The van der Waals surface area contributed by atoms with Crippen molar-refractivity contribution in [1.82, 2.24) is 4.90 Å². The van der Waals surface area contributed by atoms with E-state index < -0.39 is 11.3 Å². The van der Waals surface area contributed by atoms with E-state index in [4.69, 9.17) is 9.47 Å². The van der Waals surface area contributed by atoms with E-state index in [9.17, 15) is 14.4 Å². The number of nitrogens with one attached hydrogen (secondary N) is 1. The summed E-state index contributed by atoms with van der Waals surface area (Å²) in [5, 5.41) is 2.71. The van der Waals surface area contributed by atoms with E-state index in [0.29, 0.717) is 17.2 Å². The summed E-state index contributed by atoms with van der Waals surface area (Å²) in [6.45, 7) is -0.265. The van der Waals surface area contributed by atoms with Gasteiger partial charge in [0.15, 0.2) is 0 Å². The Kier molecular flexibility index (Phi) is 5.15. The fraction of sp³-hybridized carbons (Fsp3) is 0.526. The van der Waals surface area contributed by atoms with Gasteiger partial charge < -0.3 is 14.8 Å². The van der Waals surface area contributed by atoms with Gasteiger partial charge in [0.2, 0.25) is 17.7 Å². The van der Waals surface area contributed by atoms with Crippen molar-refractivity contribution in [3.8, 4) is 11.5 Å². The Hall–Kier alpha value is -2.57. The zero-order chi connectivity index (χ0) is 18.7. The number of amides is 3. The smallest absolute Gasteiger partial charge is 0.244 e. The SMILES string of the molecule is COc1cc(NC(=O)CN2C(=O)CC3(CCCCC3)C2=O)cc(OC)c1. The Morgan fingerprint density at radius 1 is 1.08 bits per heavy atom. The van der Waals surface area contributed by atoms with E-state index in [1.54, 1.807) is 18.2 Å². The first-order valence-electron chi connectivity index (χ1n) is 8.85. The third-order valence-corrected chi connectivity index (χ3v) is 5.24. The second-order valence-corrected chi connectivity index (χ2v) is 6.95. The molecule has 1 saturated heterocycles. The van der Waals surface area contributed by atoms with Gasteiger partial charge >= 0.3 is 0 Å². The maximum absolute atomic E-state index is 12.8. The van der Waals surface area contributed by atoms with Gasteiger partial charge in [0.05, 0.1) is 19.6 Å². The lowest BCUT2D eigenvalue weighted by atomic mass is 9.73. The fourth-order valence-corrected chi connectivity index (χ4v) is 3.86. The molecule has 26 heavy (non-hydrogen) atoms. The molecule has 7 nitrogen and oxygen atoms in total. The minimum atomic E-state index is -0.575. The van der Waals surface area contributed by atoms with Gasteiger partial charge in [-0.25, -0.2) is 0 Å². The number of hydrogen-bond acceptors (Lipinski definition) is 5. The lowest BCUT2D eigenvalue weighted by molar-refractivity contribution is -0.144. The standard InChI is InChI=1S/C19H24N2O5/c1-25-14-8-13(9-15(10-14)26-2)20-16(22)12-21-17(23)11-19(18(21)24)6-4-3-5-7-19/h8-10H,3-7,11-12H2,1-2H3,(H,20,22). The highest BCUT2D eigenvalue weighted by Gasteiger charge is 2.51. The van der Waals surface area contributed by atoms with E-state index in [1.165, 1.54) is 14.2 Å². The van der Waals surface area contributed by atoms with Crippen molar-refractivity contribution in [2.24, 2.45) is 5.41 Å². The van der Waals surface area contributed by atoms with Crippen LogP contribution in [0.1, 0.15) is 38.5 Å². The number of benzene rings is 1. The number of nitrogens with zero attached hydrogens (tertiary/aromatic N) is 1. The molecule has 2 fully saturated rings. The Labute approximate surface area is 152 Å². The quantitative estimate of drug-likeness (QED) is 0.815. The van der Waals surface area contributed by atoms with Crippen LogP contribution in [0.4, 0.5) is 5.69 Å². The predicted octanol–water partition coefficient (Wildman–Crippen LogP) is 2.35. The number of carbonyl (C=O) groups is 3. The summed E-state index contributed by atoms with van der Waals surface area (Å²) < 4.78 is 10.3. The van der Waals surface area contributed by atoms with Crippen LogP contribution in [-0.4, -0.2) is 43.4 Å². The molecule has 2 aliphatic rings. The Morgan fingerprint density at radius 3 is 2.27 bits per heavy atom. The first-order chi connectivity index (χ1) is 12.5. The Balaban J connectivity index is 1.68. The molecule has 1 heterocycles. The van der Waals surface area contributed by atoms with Crippen LogP contribution in [0.5, 0.6) is 11.5 Å². The summed E-state index contributed by atoms with van der Waals surface area (Å²) in [7, 11) is 3.04. The molecule has 3 rings (SSSR count). The molecule has 1 aromatic rings. The lowest BCUT2D eigenvalue weighted by Gasteiger charge is -2.30.